The number of rotatable bonds is 12. The summed E-state index contributed by atoms with van der Waals surface area (Å²) in [6.45, 7) is 16.6. The molecule has 2 bridgehead atoms. The van der Waals surface area contributed by atoms with Gasteiger partial charge in [0.05, 0.1) is 42.5 Å². The SMILES string of the molecule is [2H]c1c([2H])c([2H])c(C(=O)N[C@@H](c2ccccc2)[C@@H](O[Si](C)(C)C(C)(C)C)C(=O)O[C@H]2C[C@@]3(O)[C@@H](OC(=O)c4ccccc4)[C@@H]4[C@]5(OC(C)=O)CO[C@@H]5[C@@H](O)[C@H](O)[C@@]4(C)C(=O)[C@H](OC(C)=O)C(=C2C)C3(C)C)c([2H])c1[2H]. The molecule has 12 atom stereocenters. The maximum absolute atomic E-state index is 15.8. The van der Waals surface area contributed by atoms with Crippen LogP contribution < -0.4 is 5.32 Å². The lowest BCUT2D eigenvalue weighted by Gasteiger charge is -2.68. The summed E-state index contributed by atoms with van der Waals surface area (Å²) in [4.78, 5) is 86.9. The molecule has 0 radical (unpaired) electrons. The summed E-state index contributed by atoms with van der Waals surface area (Å²) in [5.74, 6) is -8.10. The zero-order valence-corrected chi connectivity index (χ0v) is 42.1. The molecule has 0 aromatic heterocycles. The van der Waals surface area contributed by atoms with Gasteiger partial charge in [0.15, 0.2) is 31.9 Å². The van der Waals surface area contributed by atoms with Gasteiger partial charge in [0, 0.05) is 31.2 Å². The summed E-state index contributed by atoms with van der Waals surface area (Å²) in [5.41, 5.74) is -9.40. The Morgan fingerprint density at radius 3 is 2.01 bits per heavy atom. The van der Waals surface area contributed by atoms with E-state index >= 15 is 9.59 Å². The van der Waals surface area contributed by atoms with Crippen molar-refractivity contribution in [2.75, 3.05) is 6.61 Å². The number of amides is 1. The topological polar surface area (TPSA) is 231 Å². The molecule has 7 rings (SSSR count). The van der Waals surface area contributed by atoms with E-state index in [1.165, 1.54) is 39.8 Å². The molecule has 3 fully saturated rings. The Kier molecular flexibility index (Phi) is 12.3. The molecule has 3 aromatic rings. The first-order valence-electron chi connectivity index (χ1n) is 25.6. The molecule has 70 heavy (non-hydrogen) atoms. The van der Waals surface area contributed by atoms with Gasteiger partial charge in [-0.3, -0.25) is 19.2 Å². The standard InChI is InChI=1S/C53H65NO15Si/c1-29-35(66-48(62)40(69-70(10,11)49(4,5)6)37(32-21-15-12-16-22-32)54-46(60)33-23-17-13-18-24-33)27-53(63)45(67-47(61)34-25-19-14-20-26-34)41-51(9,43(59)39(65-30(2)55)36(29)50(53,7)8)42(58)38(57)44-52(41,28-64-44)68-31(3)56/h12-26,35,37-42,44-45,57-58,63H,27-28H2,1-11H3,(H,54,60)/t35-,37-,38-,39+,40+,41-,42-,44+,45-,51-,52+,53+/m0/s1/i13D,17D,18D,23D,24D. The van der Waals surface area contributed by atoms with Crippen molar-refractivity contribution in [3.05, 3.63) is 119 Å². The van der Waals surface area contributed by atoms with E-state index in [0.717, 1.165) is 13.8 Å². The van der Waals surface area contributed by atoms with Crippen LogP contribution in [0.15, 0.2) is 102 Å². The third-order valence-corrected chi connectivity index (χ3v) is 19.9. The number of carbonyl (C=O) groups excluding carboxylic acids is 6. The number of benzene rings is 3. The Hall–Kier alpha value is -5.56. The monoisotopic (exact) mass is 988 g/mol. The molecule has 0 spiro atoms. The molecule has 3 aromatic carbocycles. The van der Waals surface area contributed by atoms with Crippen molar-refractivity contribution in [2.24, 2.45) is 16.7 Å². The van der Waals surface area contributed by atoms with Gasteiger partial charge in [-0.15, -0.1) is 0 Å². The van der Waals surface area contributed by atoms with Gasteiger partial charge in [-0.05, 0) is 72.9 Å². The molecule has 376 valence electrons. The van der Waals surface area contributed by atoms with Gasteiger partial charge in [-0.2, -0.15) is 0 Å². The van der Waals surface area contributed by atoms with E-state index in [1.807, 2.05) is 33.9 Å². The molecule has 16 nitrogen and oxygen atoms in total. The van der Waals surface area contributed by atoms with Crippen LogP contribution in [-0.2, 0) is 47.3 Å². The first-order chi connectivity index (χ1) is 34.7. The Balaban J connectivity index is 1.46. The average molecular weight is 989 g/mol. The molecule has 3 aliphatic carbocycles. The van der Waals surface area contributed by atoms with Gasteiger partial charge in [0.2, 0.25) is 0 Å². The van der Waals surface area contributed by atoms with Crippen molar-refractivity contribution in [3.63, 3.8) is 0 Å². The normalized spacial score (nSPS) is 32.2. The van der Waals surface area contributed by atoms with Crippen molar-refractivity contribution in [3.8, 4) is 0 Å². The predicted octanol–water partition coefficient (Wildman–Crippen LogP) is 5.74. The van der Waals surface area contributed by atoms with Crippen molar-refractivity contribution < 1.29 is 79.1 Å². The van der Waals surface area contributed by atoms with Gasteiger partial charge in [-0.25, -0.2) is 9.59 Å². The number of nitrogens with one attached hydrogen (secondary N) is 1. The Morgan fingerprint density at radius 2 is 1.47 bits per heavy atom. The van der Waals surface area contributed by atoms with E-state index in [1.54, 1.807) is 48.5 Å². The molecular weight excluding hydrogens is 919 g/mol. The highest BCUT2D eigenvalue weighted by molar-refractivity contribution is 6.74. The molecule has 1 amide bonds. The van der Waals surface area contributed by atoms with Gasteiger partial charge < -0.3 is 48.7 Å². The number of fused-ring (bicyclic) bond motifs is 5. The highest BCUT2D eigenvalue weighted by Crippen LogP contribution is 2.64. The number of Topliss-reactive ketones (excluding diaryl/α,β-unsaturated/α-hetero) is 1. The summed E-state index contributed by atoms with van der Waals surface area (Å²) in [7, 11) is -3.16. The largest absolute Gasteiger partial charge is 0.456 e. The maximum Gasteiger partial charge on any atom is 0.338 e. The number of aliphatic hydroxyl groups is 3. The van der Waals surface area contributed by atoms with Crippen LogP contribution >= 0.6 is 0 Å². The lowest BCUT2D eigenvalue weighted by atomic mass is 9.44. The summed E-state index contributed by atoms with van der Waals surface area (Å²) in [6.07, 6.45) is -13.7. The number of aliphatic hydroxyl groups excluding tert-OH is 2. The third-order valence-electron chi connectivity index (χ3n) is 15.4. The van der Waals surface area contributed by atoms with E-state index in [0.29, 0.717) is 0 Å². The molecule has 0 unspecified atom stereocenters. The number of carbonyl (C=O) groups is 6. The van der Waals surface area contributed by atoms with Crippen LogP contribution in [0.2, 0.25) is 18.1 Å². The number of hydrogen-bond acceptors (Lipinski definition) is 15. The maximum atomic E-state index is 15.8. The summed E-state index contributed by atoms with van der Waals surface area (Å²) < 4.78 is 79.5. The number of hydrogen-bond donors (Lipinski definition) is 4. The first kappa shape index (κ1) is 45.6. The zero-order chi connectivity index (χ0) is 55.9. The second-order valence-corrected chi connectivity index (χ2v) is 25.7. The molecular formula is C53H65NO15Si. The highest BCUT2D eigenvalue weighted by Gasteiger charge is 2.80. The van der Waals surface area contributed by atoms with E-state index < -0.39 is 174 Å². The van der Waals surface area contributed by atoms with Crippen molar-refractivity contribution in [1.82, 2.24) is 5.32 Å². The third kappa shape index (κ3) is 8.82. The van der Waals surface area contributed by atoms with E-state index in [-0.39, 0.29) is 22.3 Å². The Labute approximate surface area is 416 Å². The van der Waals surface area contributed by atoms with Crippen molar-refractivity contribution in [1.29, 1.82) is 0 Å². The molecule has 4 N–H and O–H groups in total. The summed E-state index contributed by atoms with van der Waals surface area (Å²) in [6, 6.07) is 10.3. The van der Waals surface area contributed by atoms with Crippen LogP contribution in [0.1, 0.15) is 108 Å². The van der Waals surface area contributed by atoms with Crippen LogP contribution in [0.5, 0.6) is 0 Å². The van der Waals surface area contributed by atoms with Crippen molar-refractivity contribution >= 4 is 43.9 Å². The van der Waals surface area contributed by atoms with Gasteiger partial charge in [0.1, 0.15) is 30.0 Å². The molecule has 4 aliphatic rings. The molecule has 17 heteroatoms. The first-order valence-corrected chi connectivity index (χ1v) is 26.0. The Morgan fingerprint density at radius 1 is 0.871 bits per heavy atom. The van der Waals surface area contributed by atoms with Crippen LogP contribution in [0.4, 0.5) is 0 Å². The van der Waals surface area contributed by atoms with Gasteiger partial charge in [-0.1, -0.05) is 101 Å². The van der Waals surface area contributed by atoms with E-state index in [9.17, 15) is 34.5 Å². The fraction of sp³-hybridized carbons (Fsp3) is 0.509. The predicted molar refractivity (Wildman–Crippen MR) is 255 cm³/mol. The number of ether oxygens (including phenoxy) is 5. The Bertz CT molecular complexity index is 2820. The summed E-state index contributed by atoms with van der Waals surface area (Å²) >= 11 is 0. The quantitative estimate of drug-likeness (QED) is 0.0735. The fourth-order valence-corrected chi connectivity index (χ4v) is 11.9. The molecule has 1 saturated heterocycles. The van der Waals surface area contributed by atoms with Crippen LogP contribution in [0.25, 0.3) is 0 Å². The fourth-order valence-electron chi connectivity index (χ4n) is 10.6. The average Bonchev–Trinajstić information content (AvgIpc) is 3.32. The highest BCUT2D eigenvalue weighted by atomic mass is 28.4. The second kappa shape index (κ2) is 18.9. The van der Waals surface area contributed by atoms with Crippen LogP contribution in [0.3, 0.4) is 0 Å². The molecule has 2 saturated carbocycles. The number of ketones is 1. The van der Waals surface area contributed by atoms with Gasteiger partial charge in [0.25, 0.3) is 5.91 Å². The lowest BCUT2D eigenvalue weighted by molar-refractivity contribution is -0.369. The minimum Gasteiger partial charge on any atom is -0.456 e. The van der Waals surface area contributed by atoms with Crippen molar-refractivity contribution in [2.45, 2.75) is 147 Å². The van der Waals surface area contributed by atoms with Crippen LogP contribution in [0, 0.1) is 16.7 Å². The summed E-state index contributed by atoms with van der Waals surface area (Å²) in [5, 5.41) is 40.2. The molecule has 1 heterocycles. The van der Waals surface area contributed by atoms with Crippen LogP contribution in [-0.4, -0.2) is 120 Å². The van der Waals surface area contributed by atoms with Gasteiger partial charge >= 0.3 is 23.9 Å². The lowest BCUT2D eigenvalue weighted by Crippen LogP contribution is -2.85. The van der Waals surface area contributed by atoms with E-state index in [2.05, 4.69) is 5.32 Å². The molecule has 1 aliphatic heterocycles. The smallest absolute Gasteiger partial charge is 0.338 e. The minimum absolute atomic E-state index is 0.0138. The van der Waals surface area contributed by atoms with E-state index in [4.69, 9.17) is 35.0 Å². The minimum atomic E-state index is -3.16. The zero-order valence-electron chi connectivity index (χ0n) is 46.1. The second-order valence-electron chi connectivity index (χ2n) is 21.0. The number of esters is 4.